The van der Waals surface area contributed by atoms with E-state index in [0.29, 0.717) is 0 Å². The number of Topliss-reactive ketones (excluding diaryl/α,β-unsaturated/α-hetero) is 1. The van der Waals surface area contributed by atoms with Gasteiger partial charge in [0.05, 0.1) is 0 Å². The van der Waals surface area contributed by atoms with Gasteiger partial charge in [0.15, 0.2) is 5.78 Å². The largest absolute Gasteiger partial charge is 0.294 e. The first-order valence-corrected chi connectivity index (χ1v) is 7.73. The molecule has 2 aromatic rings. The molecule has 0 amide bonds. The second kappa shape index (κ2) is 5.17. The van der Waals surface area contributed by atoms with Crippen LogP contribution in [0.2, 0.25) is 0 Å². The fraction of sp³-hybridized carbons (Fsp3) is 0.278. The maximum Gasteiger partial charge on any atom is 0.166 e. The number of ketones is 1. The number of benzene rings is 2. The lowest BCUT2D eigenvalue weighted by Gasteiger charge is -2.12. The molecule has 0 bridgehead atoms. The molecule has 0 spiro atoms. The van der Waals surface area contributed by atoms with Crippen LogP contribution in [0, 0.1) is 19.8 Å². The fourth-order valence-corrected chi connectivity index (χ4v) is 3.47. The van der Waals surface area contributed by atoms with Crippen molar-refractivity contribution in [3.63, 3.8) is 0 Å². The molecule has 1 nitrogen and oxygen atoms in total. The van der Waals surface area contributed by atoms with Crippen molar-refractivity contribution in [2.24, 2.45) is 5.92 Å². The van der Waals surface area contributed by atoms with Crippen LogP contribution < -0.4 is 0 Å². The quantitative estimate of drug-likeness (QED) is 0.732. The summed E-state index contributed by atoms with van der Waals surface area (Å²) in [6.45, 7) is 4.04. The smallest absolute Gasteiger partial charge is 0.166 e. The minimum atomic E-state index is 0.103. The standard InChI is InChI=1S/C18H17BrO/c1-11-8-17(19)12(2)7-16(11)18(20)15-9-13-5-3-4-6-14(13)10-15/h3-8,15H,9-10H2,1-2H3. The maximum absolute atomic E-state index is 12.8. The van der Waals surface area contributed by atoms with Crippen LogP contribution in [-0.4, -0.2) is 5.78 Å². The van der Waals surface area contributed by atoms with Gasteiger partial charge in [0.2, 0.25) is 0 Å². The molecule has 0 atom stereocenters. The summed E-state index contributed by atoms with van der Waals surface area (Å²) in [6.07, 6.45) is 1.76. The zero-order valence-corrected chi connectivity index (χ0v) is 13.3. The highest BCUT2D eigenvalue weighted by Crippen LogP contribution is 2.31. The predicted molar refractivity (Wildman–Crippen MR) is 85.3 cm³/mol. The molecule has 1 aliphatic rings. The number of rotatable bonds is 2. The molecule has 0 fully saturated rings. The normalized spacial score (nSPS) is 14.3. The number of carbonyl (C=O) groups excluding carboxylic acids is 1. The molecule has 0 radical (unpaired) electrons. The van der Waals surface area contributed by atoms with Crippen LogP contribution in [0.25, 0.3) is 0 Å². The average molecular weight is 329 g/mol. The summed E-state index contributed by atoms with van der Waals surface area (Å²) in [7, 11) is 0. The Kier molecular flexibility index (Phi) is 3.51. The molecular formula is C18H17BrO. The van der Waals surface area contributed by atoms with E-state index in [1.807, 2.05) is 26.0 Å². The third kappa shape index (κ3) is 2.33. The van der Waals surface area contributed by atoms with E-state index >= 15 is 0 Å². The zero-order chi connectivity index (χ0) is 14.3. The van der Waals surface area contributed by atoms with Crippen molar-refractivity contribution in [3.8, 4) is 0 Å². The Morgan fingerprint density at radius 3 is 2.25 bits per heavy atom. The Bertz CT molecular complexity index is 663. The Labute approximate surface area is 128 Å². The minimum absolute atomic E-state index is 0.103. The maximum atomic E-state index is 12.8. The highest BCUT2D eigenvalue weighted by atomic mass is 79.9. The van der Waals surface area contributed by atoms with E-state index in [0.717, 1.165) is 34.0 Å². The van der Waals surface area contributed by atoms with Crippen LogP contribution >= 0.6 is 15.9 Å². The van der Waals surface area contributed by atoms with Gasteiger partial charge in [-0.2, -0.15) is 0 Å². The average Bonchev–Trinajstić information content (AvgIpc) is 2.86. The van der Waals surface area contributed by atoms with E-state index in [1.54, 1.807) is 0 Å². The summed E-state index contributed by atoms with van der Waals surface area (Å²) in [5.41, 5.74) is 5.72. The van der Waals surface area contributed by atoms with Crippen molar-refractivity contribution in [1.29, 1.82) is 0 Å². The number of carbonyl (C=O) groups is 1. The van der Waals surface area contributed by atoms with Gasteiger partial charge >= 0.3 is 0 Å². The first-order valence-electron chi connectivity index (χ1n) is 6.94. The van der Waals surface area contributed by atoms with Crippen LogP contribution in [0.1, 0.15) is 32.6 Å². The van der Waals surface area contributed by atoms with E-state index in [-0.39, 0.29) is 11.7 Å². The number of aryl methyl sites for hydroxylation is 2. The SMILES string of the molecule is Cc1cc(C(=O)C2Cc3ccccc3C2)c(C)cc1Br. The van der Waals surface area contributed by atoms with Crippen LogP contribution in [0.3, 0.4) is 0 Å². The molecular weight excluding hydrogens is 312 g/mol. The molecule has 2 aromatic carbocycles. The van der Waals surface area contributed by atoms with Crippen LogP contribution in [0.5, 0.6) is 0 Å². The highest BCUT2D eigenvalue weighted by molar-refractivity contribution is 9.10. The molecule has 20 heavy (non-hydrogen) atoms. The number of hydrogen-bond acceptors (Lipinski definition) is 1. The monoisotopic (exact) mass is 328 g/mol. The van der Waals surface area contributed by atoms with Gasteiger partial charge in [0, 0.05) is 16.0 Å². The Hall–Kier alpha value is -1.41. The van der Waals surface area contributed by atoms with Gasteiger partial charge in [-0.1, -0.05) is 40.2 Å². The molecule has 102 valence electrons. The lowest BCUT2D eigenvalue weighted by atomic mass is 9.91. The van der Waals surface area contributed by atoms with E-state index in [1.165, 1.54) is 11.1 Å². The summed E-state index contributed by atoms with van der Waals surface area (Å²) < 4.78 is 1.07. The lowest BCUT2D eigenvalue weighted by Crippen LogP contribution is -2.16. The van der Waals surface area contributed by atoms with Gasteiger partial charge in [-0.05, 0) is 61.1 Å². The summed E-state index contributed by atoms with van der Waals surface area (Å²) >= 11 is 3.52. The Morgan fingerprint density at radius 1 is 1.05 bits per heavy atom. The molecule has 0 aromatic heterocycles. The third-order valence-corrected chi connectivity index (χ3v) is 5.05. The van der Waals surface area contributed by atoms with Gasteiger partial charge in [0.25, 0.3) is 0 Å². The molecule has 0 N–H and O–H groups in total. The zero-order valence-electron chi connectivity index (χ0n) is 11.7. The molecule has 3 rings (SSSR count). The van der Waals surface area contributed by atoms with E-state index < -0.39 is 0 Å². The van der Waals surface area contributed by atoms with E-state index in [4.69, 9.17) is 0 Å². The van der Waals surface area contributed by atoms with Crippen molar-refractivity contribution in [2.45, 2.75) is 26.7 Å². The van der Waals surface area contributed by atoms with E-state index in [2.05, 4.69) is 40.2 Å². The van der Waals surface area contributed by atoms with Crippen molar-refractivity contribution in [3.05, 3.63) is 68.7 Å². The topological polar surface area (TPSA) is 17.1 Å². The molecule has 0 heterocycles. The number of fused-ring (bicyclic) bond motifs is 1. The molecule has 2 heteroatoms. The first-order chi connectivity index (χ1) is 9.56. The fourth-order valence-electron chi connectivity index (χ4n) is 3.01. The lowest BCUT2D eigenvalue weighted by molar-refractivity contribution is 0.0924. The second-order valence-electron chi connectivity index (χ2n) is 5.65. The molecule has 0 saturated heterocycles. The van der Waals surface area contributed by atoms with Crippen molar-refractivity contribution in [2.75, 3.05) is 0 Å². The van der Waals surface area contributed by atoms with Crippen LogP contribution in [0.4, 0.5) is 0 Å². The van der Waals surface area contributed by atoms with Crippen molar-refractivity contribution < 1.29 is 4.79 Å². The van der Waals surface area contributed by atoms with Crippen molar-refractivity contribution in [1.82, 2.24) is 0 Å². The van der Waals surface area contributed by atoms with Crippen LogP contribution in [0.15, 0.2) is 40.9 Å². The number of halogens is 1. The molecule has 0 saturated carbocycles. The first kappa shape index (κ1) is 13.6. The number of hydrogen-bond donors (Lipinski definition) is 0. The van der Waals surface area contributed by atoms with Gasteiger partial charge in [-0.25, -0.2) is 0 Å². The summed E-state index contributed by atoms with van der Waals surface area (Å²) in [4.78, 5) is 12.8. The predicted octanol–water partition coefficient (Wildman–Crippen LogP) is 4.66. The minimum Gasteiger partial charge on any atom is -0.294 e. The van der Waals surface area contributed by atoms with Crippen molar-refractivity contribution >= 4 is 21.7 Å². The van der Waals surface area contributed by atoms with Gasteiger partial charge < -0.3 is 0 Å². The summed E-state index contributed by atoms with van der Waals surface area (Å²) in [6, 6.07) is 12.5. The summed E-state index contributed by atoms with van der Waals surface area (Å²) in [5, 5.41) is 0. The van der Waals surface area contributed by atoms with Crippen LogP contribution in [-0.2, 0) is 12.8 Å². The van der Waals surface area contributed by atoms with E-state index in [9.17, 15) is 4.79 Å². The Balaban J connectivity index is 1.90. The molecule has 0 aliphatic heterocycles. The second-order valence-corrected chi connectivity index (χ2v) is 6.51. The van der Waals surface area contributed by atoms with Gasteiger partial charge in [-0.3, -0.25) is 4.79 Å². The highest BCUT2D eigenvalue weighted by Gasteiger charge is 2.28. The Morgan fingerprint density at radius 2 is 1.65 bits per heavy atom. The third-order valence-electron chi connectivity index (χ3n) is 4.19. The van der Waals surface area contributed by atoms with Gasteiger partial charge in [0.1, 0.15) is 0 Å². The summed E-state index contributed by atoms with van der Waals surface area (Å²) in [5.74, 6) is 0.390. The molecule has 0 unspecified atom stereocenters. The molecule has 1 aliphatic carbocycles. The van der Waals surface area contributed by atoms with Gasteiger partial charge in [-0.15, -0.1) is 0 Å².